The summed E-state index contributed by atoms with van der Waals surface area (Å²) in [5, 5.41) is 0.0714. The van der Waals surface area contributed by atoms with Gasteiger partial charge in [-0.25, -0.2) is 0 Å². The van der Waals surface area contributed by atoms with Gasteiger partial charge in [-0.1, -0.05) is 121 Å². The quantitative estimate of drug-likeness (QED) is 0.245. The molecule has 184 valence electrons. The van der Waals surface area contributed by atoms with Crippen LogP contribution in [0.2, 0.25) is 0 Å². The molecule has 1 saturated heterocycles. The Bertz CT molecular complexity index is 1090. The summed E-state index contributed by atoms with van der Waals surface area (Å²) in [6.45, 7) is 0. The minimum absolute atomic E-state index is 0.0179. The molecule has 1 aliphatic rings. The lowest BCUT2D eigenvalue weighted by Crippen LogP contribution is -2.90. The molecule has 0 N–H and O–H groups in total. The smallest absolute Gasteiger partial charge is 0.260 e. The third-order valence-electron chi connectivity index (χ3n) is 5.58. The van der Waals surface area contributed by atoms with Gasteiger partial charge in [0, 0.05) is 0 Å². The highest BCUT2D eigenvalue weighted by Crippen LogP contribution is 2.22. The van der Waals surface area contributed by atoms with E-state index in [0.29, 0.717) is 0 Å². The number of benzene rings is 4. The third-order valence-corrected chi connectivity index (χ3v) is 18.3. The van der Waals surface area contributed by atoms with Crippen molar-refractivity contribution in [2.75, 3.05) is 0 Å². The van der Waals surface area contributed by atoms with Gasteiger partial charge in [-0.05, 0) is 20.7 Å². The molecule has 0 aromatic heterocycles. The predicted octanol–water partition coefficient (Wildman–Crippen LogP) is -3.11. The van der Waals surface area contributed by atoms with E-state index >= 15 is 0 Å². The van der Waals surface area contributed by atoms with Crippen LogP contribution in [0.4, 0.5) is 0 Å². The first-order valence-corrected chi connectivity index (χ1v) is 18.0. The zero-order valence-electron chi connectivity index (χ0n) is 18.8. The molecule has 1 heterocycles. The fourth-order valence-corrected chi connectivity index (χ4v) is 17.8. The van der Waals surface area contributed by atoms with Crippen LogP contribution >= 0.6 is 0 Å². The molecule has 0 unspecified atom stereocenters. The van der Waals surface area contributed by atoms with Gasteiger partial charge in [0.05, 0.1) is 0 Å². The Hall–Kier alpha value is -2.57. The Morgan fingerprint density at radius 3 is 0.639 bits per heavy atom. The second-order valence-electron chi connectivity index (χ2n) is 8.10. The minimum Gasteiger partial charge on any atom is -0.814 e. The summed E-state index contributed by atoms with van der Waals surface area (Å²) >= 11 is 0. The molecule has 1 aliphatic heterocycles. The molecule has 0 bridgehead atoms. The molecular weight excluding hydrogens is 529 g/mol. The van der Waals surface area contributed by atoms with Gasteiger partial charge in [-0.2, -0.15) is 0 Å². The van der Waals surface area contributed by atoms with Crippen molar-refractivity contribution in [3.05, 3.63) is 121 Å². The average molecular weight is 549 g/mol. The van der Waals surface area contributed by atoms with E-state index < -0.39 is 35.2 Å². The maximum atomic E-state index is 14.3. The van der Waals surface area contributed by atoms with Crippen molar-refractivity contribution in [3.63, 3.8) is 0 Å². The van der Waals surface area contributed by atoms with E-state index in [-0.39, 0.29) is 20.7 Å². The van der Waals surface area contributed by atoms with Crippen LogP contribution in [0.25, 0.3) is 0 Å². The van der Waals surface area contributed by atoms with Crippen molar-refractivity contribution in [2.45, 2.75) is 0 Å². The van der Waals surface area contributed by atoms with Crippen molar-refractivity contribution < 1.29 is 35.6 Å². The molecule has 4 aromatic carbocycles. The summed E-state index contributed by atoms with van der Waals surface area (Å²) in [4.78, 5) is 57.4. The second-order valence-corrected chi connectivity index (χ2v) is 18.1. The van der Waals surface area contributed by atoms with E-state index in [1.165, 1.54) is 48.5 Å². The molecular formula is C24H20O8Si4-4. The lowest BCUT2D eigenvalue weighted by Gasteiger charge is -2.62. The minimum atomic E-state index is -5.01. The Morgan fingerprint density at radius 2 is 0.472 bits per heavy atom. The van der Waals surface area contributed by atoms with Gasteiger partial charge in [0.25, 0.3) is 35.2 Å². The van der Waals surface area contributed by atoms with Gasteiger partial charge >= 0.3 is 0 Å². The van der Waals surface area contributed by atoms with Crippen molar-refractivity contribution in [1.29, 1.82) is 0 Å². The summed E-state index contributed by atoms with van der Waals surface area (Å²) in [5.74, 6) is 0. The van der Waals surface area contributed by atoms with E-state index in [1.807, 2.05) is 0 Å². The van der Waals surface area contributed by atoms with Crippen molar-refractivity contribution in [2.24, 2.45) is 0 Å². The first-order chi connectivity index (χ1) is 17.2. The highest BCUT2D eigenvalue weighted by atomic mass is 28.6. The zero-order chi connectivity index (χ0) is 25.3. The summed E-state index contributed by atoms with van der Waals surface area (Å²) in [6, 6.07) is 30.9. The molecule has 0 saturated carbocycles. The summed E-state index contributed by atoms with van der Waals surface area (Å²) in [6.07, 6.45) is 0. The Kier molecular flexibility index (Phi) is 6.77. The van der Waals surface area contributed by atoms with Gasteiger partial charge in [0.2, 0.25) is 0 Å². The van der Waals surface area contributed by atoms with E-state index in [4.69, 9.17) is 16.5 Å². The number of hydrogen-bond donors (Lipinski definition) is 0. The van der Waals surface area contributed by atoms with Crippen LogP contribution in [0.3, 0.4) is 0 Å². The average Bonchev–Trinajstić information content (AvgIpc) is 2.90. The Balaban J connectivity index is 1.73. The van der Waals surface area contributed by atoms with E-state index in [2.05, 4.69) is 0 Å². The summed E-state index contributed by atoms with van der Waals surface area (Å²) in [7, 11) is -20.1. The predicted molar refractivity (Wildman–Crippen MR) is 132 cm³/mol. The fraction of sp³-hybridized carbons (Fsp3) is 0. The normalized spacial score (nSPS) is 30.8. The van der Waals surface area contributed by atoms with Crippen LogP contribution in [0.5, 0.6) is 0 Å². The maximum absolute atomic E-state index is 14.3. The molecule has 0 aliphatic carbocycles. The van der Waals surface area contributed by atoms with Crippen LogP contribution in [0.1, 0.15) is 0 Å². The lowest BCUT2D eigenvalue weighted by atomic mass is 10.4. The fourth-order valence-electron chi connectivity index (χ4n) is 3.83. The maximum Gasteiger partial charge on any atom is 0.260 e. The Labute approximate surface area is 212 Å². The SMILES string of the molecule is [O-][Si]1(c2ccccc2)O[Si]([O-])(c2ccccc2)O[Si]([O-])(c2ccccc2)O[Si]([O-])(c2ccccc2)O1. The van der Waals surface area contributed by atoms with Crippen LogP contribution in [-0.2, 0) is 16.5 Å². The van der Waals surface area contributed by atoms with E-state index in [1.54, 1.807) is 72.8 Å². The largest absolute Gasteiger partial charge is 0.814 e. The molecule has 12 heteroatoms. The van der Waals surface area contributed by atoms with Crippen LogP contribution < -0.4 is 39.9 Å². The highest BCUT2D eigenvalue weighted by molar-refractivity contribution is 6.98. The zero-order valence-corrected chi connectivity index (χ0v) is 22.8. The topological polar surface area (TPSA) is 129 Å². The highest BCUT2D eigenvalue weighted by Gasteiger charge is 2.49. The molecule has 4 aromatic rings. The molecule has 5 rings (SSSR count). The van der Waals surface area contributed by atoms with Crippen molar-refractivity contribution in [3.8, 4) is 0 Å². The van der Waals surface area contributed by atoms with E-state index in [9.17, 15) is 19.2 Å². The number of hydrogen-bond acceptors (Lipinski definition) is 8. The molecule has 0 amide bonds. The van der Waals surface area contributed by atoms with Crippen molar-refractivity contribution in [1.82, 2.24) is 0 Å². The third kappa shape index (κ3) is 4.85. The lowest BCUT2D eigenvalue weighted by molar-refractivity contribution is -0.328. The van der Waals surface area contributed by atoms with E-state index in [0.717, 1.165) is 0 Å². The second kappa shape index (κ2) is 9.71. The molecule has 8 nitrogen and oxygen atoms in total. The first-order valence-electron chi connectivity index (χ1n) is 11.1. The standard InChI is InChI=1S/C24H20O8Si4/c25-33(21-13-5-1-6-14-21)29-34(26,22-15-7-2-8-16-22)31-36(28,24-19-11-4-12-20-24)32-35(27,30-33)23-17-9-3-10-18-23/h1-20H/q-4. The van der Waals surface area contributed by atoms with Crippen molar-refractivity contribution >= 4 is 56.0 Å². The molecule has 1 fully saturated rings. The van der Waals surface area contributed by atoms with Gasteiger partial charge in [0.15, 0.2) is 0 Å². The molecule has 36 heavy (non-hydrogen) atoms. The first kappa shape index (κ1) is 25.1. The molecule has 0 atom stereocenters. The van der Waals surface area contributed by atoms with Gasteiger partial charge < -0.3 is 35.6 Å². The monoisotopic (exact) mass is 548 g/mol. The molecule has 0 spiro atoms. The van der Waals surface area contributed by atoms with Crippen LogP contribution in [-0.4, -0.2) is 35.2 Å². The molecule has 0 radical (unpaired) electrons. The Morgan fingerprint density at radius 1 is 0.306 bits per heavy atom. The summed E-state index contributed by atoms with van der Waals surface area (Å²) in [5.41, 5.74) is 0. The van der Waals surface area contributed by atoms with Crippen LogP contribution in [0.15, 0.2) is 121 Å². The van der Waals surface area contributed by atoms with Gasteiger partial charge in [0.1, 0.15) is 0 Å². The summed E-state index contributed by atoms with van der Waals surface area (Å²) < 4.78 is 23.1. The van der Waals surface area contributed by atoms with Gasteiger partial charge in [-0.15, -0.1) is 0 Å². The number of rotatable bonds is 4. The van der Waals surface area contributed by atoms with Gasteiger partial charge in [-0.3, -0.25) is 0 Å². The van der Waals surface area contributed by atoms with Crippen LogP contribution in [0, 0.1) is 0 Å².